The molecule has 0 amide bonds. The van der Waals surface area contributed by atoms with Gasteiger partial charge in [0.05, 0.1) is 0 Å². The van der Waals surface area contributed by atoms with Crippen molar-refractivity contribution in [2.75, 3.05) is 5.73 Å². The molecule has 2 heterocycles. The third-order valence-corrected chi connectivity index (χ3v) is 4.04. The second kappa shape index (κ2) is 4.30. The van der Waals surface area contributed by atoms with Crippen LogP contribution in [-0.4, -0.2) is 19.9 Å². The van der Waals surface area contributed by atoms with Gasteiger partial charge in [0, 0.05) is 5.92 Å². The number of aromatic nitrogens is 4. The van der Waals surface area contributed by atoms with E-state index in [-0.39, 0.29) is 0 Å². The Morgan fingerprint density at radius 1 is 1.20 bits per heavy atom. The van der Waals surface area contributed by atoms with E-state index in [2.05, 4.69) is 44.2 Å². The summed E-state index contributed by atoms with van der Waals surface area (Å²) >= 11 is 0. The van der Waals surface area contributed by atoms with Crippen LogP contribution >= 0.6 is 0 Å². The quantitative estimate of drug-likeness (QED) is 0.708. The van der Waals surface area contributed by atoms with Crippen LogP contribution in [0, 0.1) is 0 Å². The van der Waals surface area contributed by atoms with E-state index in [0.29, 0.717) is 17.4 Å². The van der Waals surface area contributed by atoms with Crippen LogP contribution in [0.4, 0.5) is 5.82 Å². The summed E-state index contributed by atoms with van der Waals surface area (Å²) in [4.78, 5) is 16.1. The zero-order valence-electron chi connectivity index (χ0n) is 11.0. The minimum Gasteiger partial charge on any atom is -0.382 e. The van der Waals surface area contributed by atoms with Gasteiger partial charge in [0.2, 0.25) is 0 Å². The van der Waals surface area contributed by atoms with Crippen LogP contribution in [0.3, 0.4) is 0 Å². The van der Waals surface area contributed by atoms with Gasteiger partial charge in [-0.05, 0) is 30.4 Å². The number of aryl methyl sites for hydroxylation is 1. The number of nitrogens with two attached hydrogens (primary N) is 1. The zero-order valence-corrected chi connectivity index (χ0v) is 11.0. The van der Waals surface area contributed by atoms with Crippen molar-refractivity contribution in [1.29, 1.82) is 0 Å². The Labute approximate surface area is 116 Å². The Bertz CT molecular complexity index is 777. The maximum Gasteiger partial charge on any atom is 0.183 e. The largest absolute Gasteiger partial charge is 0.382 e. The highest BCUT2D eigenvalue weighted by Crippen LogP contribution is 2.35. The molecule has 2 aromatic heterocycles. The number of hydrogen-bond acceptors (Lipinski definition) is 4. The van der Waals surface area contributed by atoms with Gasteiger partial charge in [-0.2, -0.15) is 0 Å². The second-order valence-electron chi connectivity index (χ2n) is 5.22. The van der Waals surface area contributed by atoms with Crippen LogP contribution in [0.5, 0.6) is 0 Å². The molecule has 1 aliphatic rings. The van der Waals surface area contributed by atoms with Crippen molar-refractivity contribution < 1.29 is 0 Å². The molecular formula is C15H15N5. The van der Waals surface area contributed by atoms with E-state index in [9.17, 15) is 0 Å². The van der Waals surface area contributed by atoms with E-state index in [1.807, 2.05) is 0 Å². The first kappa shape index (κ1) is 11.4. The molecule has 1 aromatic carbocycles. The van der Waals surface area contributed by atoms with Gasteiger partial charge in [-0.25, -0.2) is 15.0 Å². The van der Waals surface area contributed by atoms with Crippen LogP contribution in [0.25, 0.3) is 11.2 Å². The Kier molecular flexibility index (Phi) is 2.45. The van der Waals surface area contributed by atoms with Gasteiger partial charge in [-0.3, -0.25) is 0 Å². The van der Waals surface area contributed by atoms with Crippen molar-refractivity contribution in [3.8, 4) is 0 Å². The van der Waals surface area contributed by atoms with E-state index in [0.717, 1.165) is 24.2 Å². The van der Waals surface area contributed by atoms with Crippen molar-refractivity contribution in [2.45, 2.75) is 25.2 Å². The lowest BCUT2D eigenvalue weighted by atomic mass is 9.82. The third-order valence-electron chi connectivity index (χ3n) is 4.04. The molecule has 1 unspecified atom stereocenters. The van der Waals surface area contributed by atoms with E-state index >= 15 is 0 Å². The summed E-state index contributed by atoms with van der Waals surface area (Å²) in [5, 5.41) is 0. The summed E-state index contributed by atoms with van der Waals surface area (Å²) < 4.78 is 0. The molecule has 3 N–H and O–H groups in total. The number of nitrogens with one attached hydrogen (secondary N) is 1. The van der Waals surface area contributed by atoms with Gasteiger partial charge >= 0.3 is 0 Å². The van der Waals surface area contributed by atoms with Crippen molar-refractivity contribution >= 4 is 17.0 Å². The number of hydrogen-bond donors (Lipinski definition) is 2. The number of nitrogens with zero attached hydrogens (tertiary/aromatic N) is 3. The lowest BCUT2D eigenvalue weighted by Gasteiger charge is -2.23. The molecule has 100 valence electrons. The normalized spacial score (nSPS) is 18.1. The molecule has 0 bridgehead atoms. The maximum absolute atomic E-state index is 5.87. The summed E-state index contributed by atoms with van der Waals surface area (Å²) in [6.45, 7) is 0. The number of H-pyrrole nitrogens is 1. The van der Waals surface area contributed by atoms with Crippen LogP contribution < -0.4 is 5.73 Å². The molecule has 0 saturated carbocycles. The molecule has 0 spiro atoms. The lowest BCUT2D eigenvalue weighted by molar-refractivity contribution is 0.596. The smallest absolute Gasteiger partial charge is 0.183 e. The van der Waals surface area contributed by atoms with Gasteiger partial charge in [-0.15, -0.1) is 0 Å². The van der Waals surface area contributed by atoms with Crippen molar-refractivity contribution in [3.63, 3.8) is 0 Å². The van der Waals surface area contributed by atoms with E-state index in [4.69, 9.17) is 5.73 Å². The summed E-state index contributed by atoms with van der Waals surface area (Å²) in [5.41, 5.74) is 10.0. The van der Waals surface area contributed by atoms with Crippen molar-refractivity contribution in [3.05, 3.63) is 47.5 Å². The Morgan fingerprint density at radius 2 is 2.10 bits per heavy atom. The first-order valence-electron chi connectivity index (χ1n) is 6.87. The number of imidazole rings is 1. The predicted molar refractivity (Wildman–Crippen MR) is 77.3 cm³/mol. The number of rotatable bonds is 1. The summed E-state index contributed by atoms with van der Waals surface area (Å²) in [6, 6.07) is 8.59. The van der Waals surface area contributed by atoms with Gasteiger partial charge in [0.15, 0.2) is 11.5 Å². The summed E-state index contributed by atoms with van der Waals surface area (Å²) in [5.74, 6) is 1.70. The minimum atomic E-state index is 0.300. The second-order valence-corrected chi connectivity index (χ2v) is 5.22. The number of fused-ring (bicyclic) bond motifs is 2. The first-order chi connectivity index (χ1) is 9.83. The average molecular weight is 265 g/mol. The van der Waals surface area contributed by atoms with E-state index < -0.39 is 0 Å². The van der Waals surface area contributed by atoms with Crippen LogP contribution in [0.15, 0.2) is 30.6 Å². The molecule has 1 atom stereocenters. The van der Waals surface area contributed by atoms with Gasteiger partial charge in [0.25, 0.3) is 0 Å². The van der Waals surface area contributed by atoms with Crippen molar-refractivity contribution in [2.24, 2.45) is 0 Å². The highest BCUT2D eigenvalue weighted by atomic mass is 15.0. The number of anilines is 1. The van der Waals surface area contributed by atoms with Gasteiger partial charge < -0.3 is 10.7 Å². The average Bonchev–Trinajstić information content (AvgIpc) is 2.92. The van der Waals surface area contributed by atoms with Crippen LogP contribution in [0.2, 0.25) is 0 Å². The Hall–Kier alpha value is -2.43. The molecule has 1 aliphatic carbocycles. The van der Waals surface area contributed by atoms with Crippen LogP contribution in [0.1, 0.15) is 35.7 Å². The Balaban J connectivity index is 1.86. The molecule has 3 aromatic rings. The fraction of sp³-hybridized carbons (Fsp3) is 0.267. The van der Waals surface area contributed by atoms with Gasteiger partial charge in [-0.1, -0.05) is 24.3 Å². The Morgan fingerprint density at radius 3 is 3.00 bits per heavy atom. The molecule has 5 heteroatoms. The number of aromatic amines is 1. The minimum absolute atomic E-state index is 0.300. The molecule has 0 fully saturated rings. The predicted octanol–water partition coefficient (Wildman–Crippen LogP) is 2.40. The zero-order chi connectivity index (χ0) is 13.5. The SMILES string of the molecule is Nc1ncnc2nc(C3CCCc4ccccc43)[nH]c12. The molecule has 4 rings (SSSR count). The van der Waals surface area contributed by atoms with E-state index in [1.165, 1.54) is 23.9 Å². The summed E-state index contributed by atoms with van der Waals surface area (Å²) in [6.07, 6.45) is 4.88. The maximum atomic E-state index is 5.87. The topological polar surface area (TPSA) is 80.5 Å². The molecular weight excluding hydrogens is 250 g/mol. The lowest BCUT2D eigenvalue weighted by Crippen LogP contribution is -2.12. The fourth-order valence-electron chi connectivity index (χ4n) is 3.07. The molecule has 0 saturated heterocycles. The standard InChI is InChI=1S/C15H15N5/c16-13-12-15(18-8-17-13)20-14(19-12)11-7-3-5-9-4-1-2-6-10(9)11/h1-2,4,6,8,11H,3,5,7H2,(H3,16,17,18,19,20). The molecule has 20 heavy (non-hydrogen) atoms. The monoisotopic (exact) mass is 265 g/mol. The third kappa shape index (κ3) is 1.66. The van der Waals surface area contributed by atoms with Crippen molar-refractivity contribution in [1.82, 2.24) is 19.9 Å². The highest BCUT2D eigenvalue weighted by Gasteiger charge is 2.24. The number of benzene rings is 1. The number of nitrogen functional groups attached to an aromatic ring is 1. The fourth-order valence-corrected chi connectivity index (χ4v) is 3.07. The summed E-state index contributed by atoms with van der Waals surface area (Å²) in [7, 11) is 0. The van der Waals surface area contributed by atoms with E-state index in [1.54, 1.807) is 0 Å². The van der Waals surface area contributed by atoms with Gasteiger partial charge in [0.1, 0.15) is 17.7 Å². The van der Waals surface area contributed by atoms with Crippen LogP contribution in [-0.2, 0) is 6.42 Å². The molecule has 0 radical (unpaired) electrons. The first-order valence-corrected chi connectivity index (χ1v) is 6.87. The highest BCUT2D eigenvalue weighted by molar-refractivity contribution is 5.81. The molecule has 5 nitrogen and oxygen atoms in total. The molecule has 0 aliphatic heterocycles.